The summed E-state index contributed by atoms with van der Waals surface area (Å²) in [5.41, 5.74) is 1.18. The summed E-state index contributed by atoms with van der Waals surface area (Å²) in [5, 5.41) is 0. The number of likely N-dealkylation sites (tertiary alicyclic amines) is 3. The average Bonchev–Trinajstić information content (AvgIpc) is 3.20. The van der Waals surface area contributed by atoms with E-state index in [1.807, 2.05) is 17.0 Å². The molecule has 2 atom stereocenters. The van der Waals surface area contributed by atoms with Crippen LogP contribution in [0.3, 0.4) is 0 Å². The summed E-state index contributed by atoms with van der Waals surface area (Å²) < 4.78 is 5.21. The molecular formula is C25H35N3O3. The normalized spacial score (nSPS) is 24.8. The SMILES string of the molecule is COc1ccc(/C=C/CN2CC[C@H]3[C@H](CCC(=O)N3CCCN3CCCC3=O)C2)cc1. The van der Waals surface area contributed by atoms with Crippen LogP contribution < -0.4 is 4.74 Å². The van der Waals surface area contributed by atoms with Crippen LogP contribution in [0.2, 0.25) is 0 Å². The van der Waals surface area contributed by atoms with E-state index in [4.69, 9.17) is 4.74 Å². The topological polar surface area (TPSA) is 53.1 Å². The van der Waals surface area contributed by atoms with Crippen LogP contribution in [0.5, 0.6) is 5.75 Å². The lowest BCUT2D eigenvalue weighted by atomic mass is 9.83. The zero-order chi connectivity index (χ0) is 21.6. The van der Waals surface area contributed by atoms with Crippen molar-refractivity contribution >= 4 is 17.9 Å². The summed E-state index contributed by atoms with van der Waals surface area (Å²) in [7, 11) is 1.68. The van der Waals surface area contributed by atoms with Crippen molar-refractivity contribution < 1.29 is 14.3 Å². The van der Waals surface area contributed by atoms with Gasteiger partial charge in [0, 0.05) is 58.2 Å². The van der Waals surface area contributed by atoms with Crippen LogP contribution in [-0.2, 0) is 9.59 Å². The molecule has 168 valence electrons. The van der Waals surface area contributed by atoms with Crippen molar-refractivity contribution in [2.75, 3.05) is 46.4 Å². The minimum atomic E-state index is 0.277. The molecule has 2 amide bonds. The highest BCUT2D eigenvalue weighted by Gasteiger charge is 2.38. The molecule has 3 saturated heterocycles. The first-order valence-corrected chi connectivity index (χ1v) is 11.7. The standard InChI is InChI=1S/C25H35N3O3/c1-31-22-10-7-20(8-11-22)5-2-14-26-18-13-23-21(19-26)9-12-25(30)28(23)17-4-16-27-15-3-6-24(27)29/h2,5,7-8,10-11,21,23H,3-4,6,9,12-19H2,1H3/b5-2+/t21-,23+/m1/s1. The molecule has 6 nitrogen and oxygen atoms in total. The van der Waals surface area contributed by atoms with Gasteiger partial charge in [0.2, 0.25) is 11.8 Å². The molecule has 0 aliphatic carbocycles. The van der Waals surface area contributed by atoms with Gasteiger partial charge in [-0.15, -0.1) is 0 Å². The van der Waals surface area contributed by atoms with Crippen molar-refractivity contribution in [1.82, 2.24) is 14.7 Å². The molecule has 3 fully saturated rings. The first-order chi connectivity index (χ1) is 15.1. The number of hydrogen-bond acceptors (Lipinski definition) is 4. The minimum Gasteiger partial charge on any atom is -0.497 e. The van der Waals surface area contributed by atoms with Gasteiger partial charge >= 0.3 is 0 Å². The van der Waals surface area contributed by atoms with Crippen LogP contribution in [-0.4, -0.2) is 78.9 Å². The van der Waals surface area contributed by atoms with Gasteiger partial charge in [-0.2, -0.15) is 0 Å². The number of amides is 2. The maximum Gasteiger partial charge on any atom is 0.222 e. The lowest BCUT2D eigenvalue weighted by molar-refractivity contribution is -0.141. The Bertz CT molecular complexity index is 792. The molecule has 3 aliphatic rings. The quantitative estimate of drug-likeness (QED) is 0.643. The van der Waals surface area contributed by atoms with Crippen molar-refractivity contribution in [3.05, 3.63) is 35.9 Å². The van der Waals surface area contributed by atoms with E-state index in [-0.39, 0.29) is 5.91 Å². The number of rotatable bonds is 8. The Kier molecular flexibility index (Phi) is 7.28. The second-order valence-electron chi connectivity index (χ2n) is 9.01. The third-order valence-electron chi connectivity index (χ3n) is 7.02. The monoisotopic (exact) mass is 425 g/mol. The Labute approximate surface area is 185 Å². The third-order valence-corrected chi connectivity index (χ3v) is 7.02. The van der Waals surface area contributed by atoms with E-state index in [0.29, 0.717) is 30.7 Å². The van der Waals surface area contributed by atoms with Gasteiger partial charge in [0.25, 0.3) is 0 Å². The van der Waals surface area contributed by atoms with Crippen LogP contribution in [0.15, 0.2) is 30.3 Å². The van der Waals surface area contributed by atoms with Gasteiger partial charge in [0.15, 0.2) is 0 Å². The lowest BCUT2D eigenvalue weighted by Gasteiger charge is -2.47. The van der Waals surface area contributed by atoms with E-state index in [9.17, 15) is 9.59 Å². The van der Waals surface area contributed by atoms with Crippen LogP contribution in [0.25, 0.3) is 6.08 Å². The van der Waals surface area contributed by atoms with Gasteiger partial charge in [0.1, 0.15) is 5.75 Å². The number of hydrogen-bond donors (Lipinski definition) is 0. The van der Waals surface area contributed by atoms with E-state index >= 15 is 0 Å². The molecule has 3 aliphatic heterocycles. The zero-order valence-electron chi connectivity index (χ0n) is 18.7. The fourth-order valence-corrected chi connectivity index (χ4v) is 5.31. The number of ether oxygens (including phenoxy) is 1. The number of piperidine rings is 2. The molecule has 0 N–H and O–H groups in total. The molecule has 0 radical (unpaired) electrons. The molecular weight excluding hydrogens is 390 g/mol. The number of carbonyl (C=O) groups is 2. The minimum absolute atomic E-state index is 0.277. The Morgan fingerprint density at radius 3 is 2.61 bits per heavy atom. The zero-order valence-corrected chi connectivity index (χ0v) is 18.7. The molecule has 1 aromatic carbocycles. The number of methoxy groups -OCH3 is 1. The highest BCUT2D eigenvalue weighted by atomic mass is 16.5. The number of fused-ring (bicyclic) bond motifs is 1. The summed E-state index contributed by atoms with van der Waals surface area (Å²) in [6, 6.07) is 8.48. The van der Waals surface area contributed by atoms with Gasteiger partial charge in [-0.3, -0.25) is 14.5 Å². The lowest BCUT2D eigenvalue weighted by Crippen LogP contribution is -2.56. The first kappa shape index (κ1) is 21.9. The van der Waals surface area contributed by atoms with Gasteiger partial charge in [-0.25, -0.2) is 0 Å². The molecule has 0 bridgehead atoms. The van der Waals surface area contributed by atoms with Crippen LogP contribution in [0.1, 0.15) is 44.1 Å². The van der Waals surface area contributed by atoms with Crippen molar-refractivity contribution in [2.24, 2.45) is 5.92 Å². The van der Waals surface area contributed by atoms with Crippen molar-refractivity contribution in [3.63, 3.8) is 0 Å². The predicted octanol–water partition coefficient (Wildman–Crippen LogP) is 3.03. The van der Waals surface area contributed by atoms with Crippen molar-refractivity contribution in [3.8, 4) is 5.75 Å². The molecule has 0 saturated carbocycles. The summed E-state index contributed by atoms with van der Waals surface area (Å²) >= 11 is 0. The maximum absolute atomic E-state index is 12.6. The highest BCUT2D eigenvalue weighted by Crippen LogP contribution is 2.31. The smallest absolute Gasteiger partial charge is 0.222 e. The fourth-order valence-electron chi connectivity index (χ4n) is 5.31. The van der Waals surface area contributed by atoms with E-state index in [1.54, 1.807) is 7.11 Å². The van der Waals surface area contributed by atoms with Crippen molar-refractivity contribution in [1.29, 1.82) is 0 Å². The predicted molar refractivity (Wildman–Crippen MR) is 122 cm³/mol. The Hall–Kier alpha value is -2.34. The van der Waals surface area contributed by atoms with E-state index in [2.05, 4.69) is 34.1 Å². The summed E-state index contributed by atoms with van der Waals surface area (Å²) in [4.78, 5) is 31.0. The van der Waals surface area contributed by atoms with E-state index in [0.717, 1.165) is 70.7 Å². The second-order valence-corrected chi connectivity index (χ2v) is 9.01. The maximum atomic E-state index is 12.6. The average molecular weight is 426 g/mol. The molecule has 0 aromatic heterocycles. The van der Waals surface area contributed by atoms with Crippen LogP contribution in [0.4, 0.5) is 0 Å². The molecule has 0 spiro atoms. The Balaban J connectivity index is 1.25. The number of nitrogens with zero attached hydrogens (tertiary/aromatic N) is 3. The first-order valence-electron chi connectivity index (χ1n) is 11.7. The van der Waals surface area contributed by atoms with Gasteiger partial charge in [0.05, 0.1) is 7.11 Å². The van der Waals surface area contributed by atoms with Crippen LogP contribution >= 0.6 is 0 Å². The fraction of sp³-hybridized carbons (Fsp3) is 0.600. The molecule has 4 rings (SSSR count). The number of carbonyl (C=O) groups excluding carboxylic acids is 2. The summed E-state index contributed by atoms with van der Waals surface area (Å²) in [5.74, 6) is 2.03. The summed E-state index contributed by atoms with van der Waals surface area (Å²) in [6.07, 6.45) is 9.70. The van der Waals surface area contributed by atoms with Crippen LogP contribution in [0, 0.1) is 5.92 Å². The largest absolute Gasteiger partial charge is 0.497 e. The van der Waals surface area contributed by atoms with Crippen molar-refractivity contribution in [2.45, 2.75) is 44.6 Å². The Morgan fingerprint density at radius 2 is 1.87 bits per heavy atom. The van der Waals surface area contributed by atoms with Gasteiger partial charge in [-0.05, 0) is 49.3 Å². The molecule has 31 heavy (non-hydrogen) atoms. The van der Waals surface area contributed by atoms with Gasteiger partial charge < -0.3 is 14.5 Å². The van der Waals surface area contributed by atoms with E-state index in [1.165, 1.54) is 5.56 Å². The highest BCUT2D eigenvalue weighted by molar-refractivity contribution is 5.78. The van der Waals surface area contributed by atoms with E-state index < -0.39 is 0 Å². The third kappa shape index (κ3) is 5.48. The van der Waals surface area contributed by atoms with Gasteiger partial charge in [-0.1, -0.05) is 24.3 Å². The summed E-state index contributed by atoms with van der Waals surface area (Å²) in [6.45, 7) is 5.51. The second kappa shape index (κ2) is 10.3. The molecule has 3 heterocycles. The molecule has 0 unspecified atom stereocenters. The molecule has 1 aromatic rings. The Morgan fingerprint density at radius 1 is 1.03 bits per heavy atom. The number of benzene rings is 1. The molecule has 6 heteroatoms.